The molecule has 0 aliphatic carbocycles. The summed E-state index contributed by atoms with van der Waals surface area (Å²) in [6.07, 6.45) is 0. The van der Waals surface area contributed by atoms with Crippen molar-refractivity contribution in [2.45, 2.75) is 0 Å². The fourth-order valence-corrected chi connectivity index (χ4v) is 6.90. The molecule has 55 heavy (non-hydrogen) atoms. The molecule has 7 nitrogen and oxygen atoms in total. The second kappa shape index (κ2) is 13.7. The molecule has 0 saturated heterocycles. The number of furan rings is 1. The third-order valence-corrected chi connectivity index (χ3v) is 9.59. The SMILES string of the molecule is c1ccc(-c2cccc(-c3nc(-c4ccccc4)nc(-c4cccc5oc6ccc(-c7nc(-c8ccccc8)nc(-c8ccccc8)n7)cc6c45)n3)c2)cc1. The molecule has 0 aliphatic rings. The van der Waals surface area contributed by atoms with Crippen LogP contribution in [0.1, 0.15) is 0 Å². The highest BCUT2D eigenvalue weighted by Crippen LogP contribution is 2.38. The van der Waals surface area contributed by atoms with Crippen LogP contribution in [0.4, 0.5) is 0 Å². The van der Waals surface area contributed by atoms with E-state index in [2.05, 4.69) is 30.3 Å². The summed E-state index contributed by atoms with van der Waals surface area (Å²) in [5, 5.41) is 1.80. The Morgan fingerprint density at radius 3 is 1.24 bits per heavy atom. The second-order valence-corrected chi connectivity index (χ2v) is 13.1. The van der Waals surface area contributed by atoms with Gasteiger partial charge in [0.15, 0.2) is 34.9 Å². The normalized spacial score (nSPS) is 11.3. The third kappa shape index (κ3) is 6.19. The van der Waals surface area contributed by atoms with Gasteiger partial charge in [0.05, 0.1) is 0 Å². The van der Waals surface area contributed by atoms with Crippen molar-refractivity contribution in [2.75, 3.05) is 0 Å². The zero-order valence-electron chi connectivity index (χ0n) is 29.4. The highest BCUT2D eigenvalue weighted by molar-refractivity contribution is 6.12. The predicted molar refractivity (Wildman–Crippen MR) is 219 cm³/mol. The van der Waals surface area contributed by atoms with E-state index in [1.807, 2.05) is 152 Å². The molecule has 7 heteroatoms. The van der Waals surface area contributed by atoms with Gasteiger partial charge in [0.2, 0.25) is 0 Å². The first-order valence-corrected chi connectivity index (χ1v) is 18.0. The Balaban J connectivity index is 1.15. The highest BCUT2D eigenvalue weighted by atomic mass is 16.3. The Bertz CT molecular complexity index is 2910. The lowest BCUT2D eigenvalue weighted by Crippen LogP contribution is -2.00. The summed E-state index contributed by atoms with van der Waals surface area (Å²) < 4.78 is 6.46. The van der Waals surface area contributed by atoms with Crippen molar-refractivity contribution in [1.29, 1.82) is 0 Å². The topological polar surface area (TPSA) is 90.5 Å². The standard InChI is InChI=1S/C48H30N6O/c1-5-15-31(16-6-1)35-23-13-24-36(29-35)46-52-45(34-21-11-4-12-22-34)53-48(54-46)38-25-14-26-41-42(38)39-30-37(27-28-40(39)55-41)47-50-43(32-17-7-2-8-18-32)49-44(51-47)33-19-9-3-10-20-33/h1-30H. The zero-order chi connectivity index (χ0) is 36.6. The van der Waals surface area contributed by atoms with Crippen LogP contribution in [0, 0.1) is 0 Å². The Labute approximate surface area is 316 Å². The summed E-state index contributed by atoms with van der Waals surface area (Å²) in [5.41, 5.74) is 8.95. The zero-order valence-corrected chi connectivity index (χ0v) is 29.4. The van der Waals surface area contributed by atoms with E-state index in [0.29, 0.717) is 34.9 Å². The van der Waals surface area contributed by atoms with E-state index in [4.69, 9.17) is 34.3 Å². The Kier molecular flexibility index (Phi) is 8.00. The summed E-state index contributed by atoms with van der Waals surface area (Å²) >= 11 is 0. The van der Waals surface area contributed by atoms with E-state index >= 15 is 0 Å². The van der Waals surface area contributed by atoms with Crippen molar-refractivity contribution in [3.63, 3.8) is 0 Å². The summed E-state index contributed by atoms with van der Waals surface area (Å²) in [7, 11) is 0. The smallest absolute Gasteiger partial charge is 0.164 e. The summed E-state index contributed by atoms with van der Waals surface area (Å²) in [6.45, 7) is 0. The second-order valence-electron chi connectivity index (χ2n) is 13.1. The molecule has 0 atom stereocenters. The van der Waals surface area contributed by atoms with Gasteiger partial charge in [-0.05, 0) is 41.5 Å². The monoisotopic (exact) mass is 706 g/mol. The van der Waals surface area contributed by atoms with Crippen molar-refractivity contribution in [1.82, 2.24) is 29.9 Å². The molecular weight excluding hydrogens is 677 g/mol. The lowest BCUT2D eigenvalue weighted by molar-refractivity contribution is 0.669. The first-order chi connectivity index (χ1) is 27.2. The van der Waals surface area contributed by atoms with Crippen molar-refractivity contribution in [3.8, 4) is 79.5 Å². The predicted octanol–water partition coefficient (Wildman–Crippen LogP) is 11.6. The maximum Gasteiger partial charge on any atom is 0.164 e. The van der Waals surface area contributed by atoms with Crippen LogP contribution in [0.3, 0.4) is 0 Å². The van der Waals surface area contributed by atoms with Crippen LogP contribution in [0.15, 0.2) is 186 Å². The van der Waals surface area contributed by atoms with Gasteiger partial charge in [0.25, 0.3) is 0 Å². The lowest BCUT2D eigenvalue weighted by Gasteiger charge is -2.10. The molecule has 0 radical (unpaired) electrons. The van der Waals surface area contributed by atoms with Gasteiger partial charge in [-0.25, -0.2) is 29.9 Å². The molecule has 258 valence electrons. The third-order valence-electron chi connectivity index (χ3n) is 9.59. The van der Waals surface area contributed by atoms with E-state index in [1.165, 1.54) is 0 Å². The van der Waals surface area contributed by atoms with Crippen molar-refractivity contribution in [2.24, 2.45) is 0 Å². The average molecular weight is 707 g/mol. The fourth-order valence-electron chi connectivity index (χ4n) is 6.90. The number of nitrogens with zero attached hydrogens (tertiary/aromatic N) is 6. The van der Waals surface area contributed by atoms with Gasteiger partial charge in [-0.3, -0.25) is 0 Å². The summed E-state index contributed by atoms with van der Waals surface area (Å²) in [6, 6.07) is 60.7. The molecule has 10 rings (SSSR count). The maximum atomic E-state index is 6.46. The first-order valence-electron chi connectivity index (χ1n) is 18.0. The quantitative estimate of drug-likeness (QED) is 0.163. The number of fused-ring (bicyclic) bond motifs is 3. The molecular formula is C48H30N6O. The molecule has 0 amide bonds. The number of rotatable bonds is 7. The molecule has 3 heterocycles. The minimum Gasteiger partial charge on any atom is -0.456 e. The molecule has 10 aromatic rings. The molecule has 0 spiro atoms. The van der Waals surface area contributed by atoms with E-state index in [0.717, 1.165) is 66.4 Å². The van der Waals surface area contributed by atoms with Crippen LogP contribution < -0.4 is 0 Å². The number of hydrogen-bond acceptors (Lipinski definition) is 7. The summed E-state index contributed by atoms with van der Waals surface area (Å²) in [5.74, 6) is 3.48. The van der Waals surface area contributed by atoms with Gasteiger partial charge in [-0.15, -0.1) is 0 Å². The van der Waals surface area contributed by atoms with E-state index in [-0.39, 0.29) is 0 Å². The molecule has 0 aliphatic heterocycles. The number of aromatic nitrogens is 6. The Morgan fingerprint density at radius 1 is 0.273 bits per heavy atom. The van der Waals surface area contributed by atoms with Crippen LogP contribution in [-0.4, -0.2) is 29.9 Å². The summed E-state index contributed by atoms with van der Waals surface area (Å²) in [4.78, 5) is 30.1. The van der Waals surface area contributed by atoms with Crippen molar-refractivity contribution < 1.29 is 4.42 Å². The largest absolute Gasteiger partial charge is 0.456 e. The maximum absolute atomic E-state index is 6.46. The van der Waals surface area contributed by atoms with Crippen molar-refractivity contribution >= 4 is 21.9 Å². The van der Waals surface area contributed by atoms with Crippen LogP contribution in [-0.2, 0) is 0 Å². The molecule has 0 N–H and O–H groups in total. The molecule has 3 aromatic heterocycles. The highest BCUT2D eigenvalue weighted by Gasteiger charge is 2.20. The van der Waals surface area contributed by atoms with Crippen LogP contribution in [0.25, 0.3) is 101 Å². The van der Waals surface area contributed by atoms with Crippen LogP contribution in [0.5, 0.6) is 0 Å². The van der Waals surface area contributed by atoms with E-state index in [9.17, 15) is 0 Å². The minimum absolute atomic E-state index is 0.547. The van der Waals surface area contributed by atoms with Gasteiger partial charge < -0.3 is 4.42 Å². The number of benzene rings is 7. The van der Waals surface area contributed by atoms with Crippen LogP contribution >= 0.6 is 0 Å². The van der Waals surface area contributed by atoms with E-state index in [1.54, 1.807) is 0 Å². The van der Waals surface area contributed by atoms with Crippen LogP contribution in [0.2, 0.25) is 0 Å². The van der Waals surface area contributed by atoms with E-state index < -0.39 is 0 Å². The number of hydrogen-bond donors (Lipinski definition) is 0. The molecule has 0 saturated carbocycles. The van der Waals surface area contributed by atoms with Crippen molar-refractivity contribution in [3.05, 3.63) is 182 Å². The first kappa shape index (κ1) is 32.0. The van der Waals surface area contributed by atoms with Gasteiger partial charge >= 0.3 is 0 Å². The molecule has 0 fully saturated rings. The van der Waals surface area contributed by atoms with Gasteiger partial charge in [0, 0.05) is 44.2 Å². The Hall–Kier alpha value is -7.64. The average Bonchev–Trinajstić information content (AvgIpc) is 3.66. The molecule has 7 aromatic carbocycles. The molecule has 0 unspecified atom stereocenters. The van der Waals surface area contributed by atoms with Gasteiger partial charge in [-0.1, -0.05) is 152 Å². The minimum atomic E-state index is 0.547. The Morgan fingerprint density at radius 2 is 0.691 bits per heavy atom. The molecule has 0 bridgehead atoms. The van der Waals surface area contributed by atoms with Gasteiger partial charge in [0.1, 0.15) is 11.2 Å². The lowest BCUT2D eigenvalue weighted by atomic mass is 10.0. The fraction of sp³-hybridized carbons (Fsp3) is 0. The van der Waals surface area contributed by atoms with Gasteiger partial charge in [-0.2, -0.15) is 0 Å².